The predicted octanol–water partition coefficient (Wildman–Crippen LogP) is 4.96. The van der Waals surface area contributed by atoms with E-state index in [9.17, 15) is 19.5 Å². The molecular formula is C33H48N2O7. The number of esters is 1. The number of aliphatic hydroxyl groups is 1. The molecule has 1 aromatic heterocycles. The van der Waals surface area contributed by atoms with Crippen molar-refractivity contribution in [1.82, 2.24) is 10.2 Å². The molecule has 9 heteroatoms. The molecule has 0 radical (unpaired) electrons. The van der Waals surface area contributed by atoms with Gasteiger partial charge in [-0.25, -0.2) is 9.59 Å². The molecule has 9 nitrogen and oxygen atoms in total. The Labute approximate surface area is 248 Å². The highest BCUT2D eigenvalue weighted by molar-refractivity contribution is 5.67. The number of carbonyl (C=O) groups is 2. The lowest BCUT2D eigenvalue weighted by atomic mass is 9.43. The van der Waals surface area contributed by atoms with Gasteiger partial charge in [0.25, 0.3) is 0 Å². The number of carbonyl (C=O) groups excluding carboxylic acids is 2. The first-order valence-corrected chi connectivity index (χ1v) is 16.1. The van der Waals surface area contributed by atoms with Crippen LogP contribution in [-0.2, 0) is 14.3 Å². The number of hydrogen-bond donors (Lipinski definition) is 2. The van der Waals surface area contributed by atoms with E-state index in [0.29, 0.717) is 18.3 Å². The minimum Gasteiger partial charge on any atom is -0.462 e. The summed E-state index contributed by atoms with van der Waals surface area (Å²) in [4.78, 5) is 39.0. The molecule has 5 aliphatic rings. The summed E-state index contributed by atoms with van der Waals surface area (Å²) in [6.45, 7) is 10.0. The first kappa shape index (κ1) is 29.7. The Morgan fingerprint density at radius 1 is 1.07 bits per heavy atom. The lowest BCUT2D eigenvalue weighted by Crippen LogP contribution is -2.62. The van der Waals surface area contributed by atoms with Crippen LogP contribution < -0.4 is 10.9 Å². The minimum atomic E-state index is -1.01. The lowest BCUT2D eigenvalue weighted by molar-refractivity contribution is -0.205. The zero-order valence-electron chi connectivity index (χ0n) is 25.6. The molecule has 5 fully saturated rings. The Balaban J connectivity index is 1.18. The zero-order chi connectivity index (χ0) is 29.9. The quantitative estimate of drug-likeness (QED) is 0.467. The molecular weight excluding hydrogens is 536 g/mol. The second kappa shape index (κ2) is 11.0. The maximum Gasteiger partial charge on any atom is 0.408 e. The van der Waals surface area contributed by atoms with Crippen molar-refractivity contribution in [3.8, 4) is 0 Å². The summed E-state index contributed by atoms with van der Waals surface area (Å²) in [5.74, 6) is 0.229. The number of rotatable bonds is 5. The van der Waals surface area contributed by atoms with E-state index in [0.717, 1.165) is 63.6 Å². The van der Waals surface area contributed by atoms with Gasteiger partial charge in [0.05, 0.1) is 18.0 Å². The molecule has 0 spiro atoms. The normalized spacial score (nSPS) is 42.1. The van der Waals surface area contributed by atoms with Crippen molar-refractivity contribution >= 4 is 12.1 Å². The topological polar surface area (TPSA) is 118 Å². The summed E-state index contributed by atoms with van der Waals surface area (Å²) in [5, 5.41) is 15.8. The minimum absolute atomic E-state index is 0.0143. The van der Waals surface area contributed by atoms with Crippen molar-refractivity contribution in [2.24, 2.45) is 28.6 Å². The Morgan fingerprint density at radius 3 is 2.52 bits per heavy atom. The van der Waals surface area contributed by atoms with E-state index < -0.39 is 22.7 Å². The fourth-order valence-electron chi connectivity index (χ4n) is 10.3. The van der Waals surface area contributed by atoms with Crippen LogP contribution in [-0.4, -0.2) is 59.1 Å². The Bertz CT molecular complexity index is 1220. The maximum absolute atomic E-state index is 12.8. The van der Waals surface area contributed by atoms with Crippen LogP contribution >= 0.6 is 0 Å². The van der Waals surface area contributed by atoms with E-state index in [1.54, 1.807) is 6.07 Å². The molecule has 1 aromatic rings. The lowest BCUT2D eigenvalue weighted by Gasteiger charge is -2.63. The average molecular weight is 585 g/mol. The van der Waals surface area contributed by atoms with Crippen LogP contribution in [0.15, 0.2) is 27.6 Å². The number of hydrogen-bond acceptors (Lipinski definition) is 8. The number of amides is 1. The molecule has 0 aromatic carbocycles. The van der Waals surface area contributed by atoms with E-state index in [1.807, 2.05) is 6.92 Å². The van der Waals surface area contributed by atoms with Crippen LogP contribution in [0.2, 0.25) is 0 Å². The van der Waals surface area contributed by atoms with Crippen LogP contribution in [0.5, 0.6) is 0 Å². The molecule has 1 aliphatic heterocycles. The van der Waals surface area contributed by atoms with Crippen molar-refractivity contribution in [2.45, 2.75) is 122 Å². The van der Waals surface area contributed by atoms with Crippen LogP contribution in [0.1, 0.15) is 103 Å². The van der Waals surface area contributed by atoms with Gasteiger partial charge in [-0.15, -0.1) is 0 Å². The molecule has 2 N–H and O–H groups in total. The molecule has 1 saturated heterocycles. The largest absolute Gasteiger partial charge is 0.462 e. The number of nitrogens with one attached hydrogen (secondary N) is 1. The Hall–Kier alpha value is -2.39. The fourth-order valence-corrected chi connectivity index (χ4v) is 10.3. The van der Waals surface area contributed by atoms with Gasteiger partial charge in [-0.2, -0.15) is 0 Å². The third-order valence-electron chi connectivity index (χ3n) is 12.5. The van der Waals surface area contributed by atoms with Crippen molar-refractivity contribution in [1.29, 1.82) is 0 Å². The summed E-state index contributed by atoms with van der Waals surface area (Å²) < 4.78 is 17.1. The third-order valence-corrected chi connectivity index (χ3v) is 12.5. The molecule has 4 aliphatic carbocycles. The average Bonchev–Trinajstić information content (AvgIpc) is 3.54. The summed E-state index contributed by atoms with van der Waals surface area (Å²) in [6.07, 6.45) is 9.63. The van der Waals surface area contributed by atoms with Gasteiger partial charge in [0, 0.05) is 43.8 Å². The molecule has 42 heavy (non-hydrogen) atoms. The number of likely N-dealkylation sites (tertiary alicyclic amines) is 1. The molecule has 2 heterocycles. The van der Waals surface area contributed by atoms with Gasteiger partial charge in [-0.1, -0.05) is 13.8 Å². The van der Waals surface area contributed by atoms with Crippen LogP contribution in [0.25, 0.3) is 0 Å². The smallest absolute Gasteiger partial charge is 0.408 e. The first-order chi connectivity index (χ1) is 19.9. The molecule has 10 unspecified atom stereocenters. The van der Waals surface area contributed by atoms with Crippen molar-refractivity contribution in [2.75, 3.05) is 13.1 Å². The summed E-state index contributed by atoms with van der Waals surface area (Å²) in [7, 11) is 0. The monoisotopic (exact) mass is 584 g/mol. The van der Waals surface area contributed by atoms with Crippen molar-refractivity contribution in [3.05, 3.63) is 34.4 Å². The van der Waals surface area contributed by atoms with Gasteiger partial charge in [-0.3, -0.25) is 9.69 Å². The highest BCUT2D eigenvalue weighted by atomic mass is 16.6. The predicted molar refractivity (Wildman–Crippen MR) is 156 cm³/mol. The molecule has 1 amide bonds. The van der Waals surface area contributed by atoms with Gasteiger partial charge in [-0.05, 0) is 99.5 Å². The fraction of sp³-hybridized carbons (Fsp3) is 0.788. The van der Waals surface area contributed by atoms with Crippen LogP contribution in [0.3, 0.4) is 0 Å². The van der Waals surface area contributed by atoms with Crippen LogP contribution in [0, 0.1) is 28.6 Å². The van der Waals surface area contributed by atoms with Gasteiger partial charge in [0.2, 0.25) is 0 Å². The van der Waals surface area contributed by atoms with E-state index in [2.05, 4.69) is 24.1 Å². The second-order valence-electron chi connectivity index (χ2n) is 14.5. The van der Waals surface area contributed by atoms with E-state index in [-0.39, 0.29) is 41.6 Å². The Morgan fingerprint density at radius 2 is 1.83 bits per heavy atom. The molecule has 0 bridgehead atoms. The number of nitrogens with zero attached hydrogens (tertiary/aromatic N) is 1. The number of alkyl carbamates (subject to hydrolysis) is 1. The summed E-state index contributed by atoms with van der Waals surface area (Å²) in [5.41, 5.74) is -1.11. The zero-order valence-corrected chi connectivity index (χ0v) is 25.6. The highest BCUT2D eigenvalue weighted by Gasteiger charge is 2.70. The second-order valence-corrected chi connectivity index (χ2v) is 14.5. The third kappa shape index (κ3) is 4.88. The van der Waals surface area contributed by atoms with E-state index >= 15 is 0 Å². The summed E-state index contributed by atoms with van der Waals surface area (Å²) >= 11 is 0. The van der Waals surface area contributed by atoms with Gasteiger partial charge in [0.15, 0.2) is 0 Å². The van der Waals surface area contributed by atoms with Gasteiger partial charge < -0.3 is 24.3 Å². The Kier molecular flexibility index (Phi) is 7.74. The standard InChI is InChI=1S/C33H48N2O7/c1-20(35-15-5-6-16-35)34-30(38)42-24-11-13-31(3)23(17-24)8-9-26-25(31)12-14-32(4)29(22-7-10-28(37)40-19-22)27(41-21(2)36)18-33(26,32)39/h7,10,19-20,23-27,29,39H,5-6,8-9,11-18H2,1-4H3,(H,34,38). The van der Waals surface area contributed by atoms with Gasteiger partial charge >= 0.3 is 17.7 Å². The molecule has 6 rings (SSSR count). The highest BCUT2D eigenvalue weighted by Crippen LogP contribution is 2.71. The van der Waals surface area contributed by atoms with Crippen LogP contribution in [0.4, 0.5) is 4.79 Å². The van der Waals surface area contributed by atoms with Crippen molar-refractivity contribution < 1.29 is 28.6 Å². The summed E-state index contributed by atoms with van der Waals surface area (Å²) in [6, 6.07) is 3.17. The van der Waals surface area contributed by atoms with E-state index in [4.69, 9.17) is 13.9 Å². The SMILES string of the molecule is CC(=O)OC1CC2(O)C3CCC4CC(OC(=O)NC(C)N5CCCC5)CCC4(C)C3CCC2(C)C1c1ccc(=O)oc1. The first-order valence-electron chi connectivity index (χ1n) is 16.1. The molecule has 10 atom stereocenters. The number of ether oxygens (including phenoxy) is 2. The van der Waals surface area contributed by atoms with Crippen molar-refractivity contribution in [3.63, 3.8) is 0 Å². The number of fused-ring (bicyclic) bond motifs is 5. The van der Waals surface area contributed by atoms with Gasteiger partial charge in [0.1, 0.15) is 12.2 Å². The molecule has 232 valence electrons. The molecule has 4 saturated carbocycles. The van der Waals surface area contributed by atoms with E-state index in [1.165, 1.54) is 32.1 Å². The maximum atomic E-state index is 12.8.